The van der Waals surface area contributed by atoms with E-state index >= 15 is 0 Å². The van der Waals surface area contributed by atoms with Gasteiger partial charge in [-0.3, -0.25) is 14.8 Å². The number of carbonyl (C=O) groups is 2. The molecule has 0 saturated carbocycles. The van der Waals surface area contributed by atoms with Crippen LogP contribution in [0.2, 0.25) is 0 Å². The fraction of sp³-hybridized carbons (Fsp3) is 0.167. The number of amides is 3. The second-order valence-corrected chi connectivity index (χ2v) is 7.52. The number of hydrogen-bond acceptors (Lipinski definition) is 4. The summed E-state index contributed by atoms with van der Waals surface area (Å²) in [5, 5.41) is 0. The zero-order valence-electron chi connectivity index (χ0n) is 17.3. The first kappa shape index (κ1) is 21.1. The maximum absolute atomic E-state index is 14.9. The molecule has 32 heavy (non-hydrogen) atoms. The molecule has 160 valence electrons. The van der Waals surface area contributed by atoms with Crippen LogP contribution >= 0.6 is 0 Å². The molecule has 3 aromatic rings. The lowest BCUT2D eigenvalue weighted by atomic mass is 9.89. The van der Waals surface area contributed by atoms with Crippen molar-refractivity contribution in [2.75, 3.05) is 11.9 Å². The predicted molar refractivity (Wildman–Crippen MR) is 113 cm³/mol. The van der Waals surface area contributed by atoms with E-state index in [1.165, 1.54) is 30.5 Å². The lowest BCUT2D eigenvalue weighted by Gasteiger charge is -2.44. The van der Waals surface area contributed by atoms with E-state index in [0.29, 0.717) is 16.2 Å². The number of carbonyl (C=O) groups excluding carboxylic acids is 2. The standard InChI is InChI=1S/C24H18F2N4O2/c1-24(20-15-27-10-11-28-20)14-21(31)30(23(32)29(24)2)22-18(25)12-17(13-19(22)26)9-8-16-6-4-3-5-7-16/h3-7,10-13,15H,14H2,1-2H3. The number of urea groups is 1. The van der Waals surface area contributed by atoms with Crippen LogP contribution in [0.25, 0.3) is 0 Å². The van der Waals surface area contributed by atoms with Crippen LogP contribution in [-0.4, -0.2) is 33.9 Å². The minimum absolute atomic E-state index is 0.0854. The third-order valence-electron chi connectivity index (χ3n) is 5.44. The molecule has 1 unspecified atom stereocenters. The van der Waals surface area contributed by atoms with Gasteiger partial charge in [0.25, 0.3) is 0 Å². The van der Waals surface area contributed by atoms with Gasteiger partial charge in [0.15, 0.2) is 11.6 Å². The maximum atomic E-state index is 14.9. The molecule has 0 bridgehead atoms. The molecule has 4 rings (SSSR count). The molecule has 1 atom stereocenters. The van der Waals surface area contributed by atoms with E-state index in [0.717, 1.165) is 12.1 Å². The zero-order chi connectivity index (χ0) is 22.9. The van der Waals surface area contributed by atoms with Gasteiger partial charge in [0.2, 0.25) is 5.91 Å². The normalized spacial score (nSPS) is 18.4. The number of aromatic nitrogens is 2. The summed E-state index contributed by atoms with van der Waals surface area (Å²) in [7, 11) is 1.45. The fourth-order valence-corrected chi connectivity index (χ4v) is 3.54. The predicted octanol–water partition coefficient (Wildman–Crippen LogP) is 3.86. The highest BCUT2D eigenvalue weighted by Crippen LogP contribution is 2.38. The van der Waals surface area contributed by atoms with E-state index in [4.69, 9.17) is 0 Å². The van der Waals surface area contributed by atoms with Crippen molar-refractivity contribution >= 4 is 17.6 Å². The van der Waals surface area contributed by atoms with Crippen LogP contribution in [0.15, 0.2) is 61.1 Å². The van der Waals surface area contributed by atoms with Crippen molar-refractivity contribution in [3.8, 4) is 11.8 Å². The van der Waals surface area contributed by atoms with Crippen molar-refractivity contribution in [3.63, 3.8) is 0 Å². The van der Waals surface area contributed by atoms with Crippen LogP contribution in [-0.2, 0) is 10.3 Å². The first-order valence-electron chi connectivity index (χ1n) is 9.74. The quantitative estimate of drug-likeness (QED) is 0.577. The van der Waals surface area contributed by atoms with Crippen LogP contribution in [0.3, 0.4) is 0 Å². The molecule has 0 N–H and O–H groups in total. The fourth-order valence-electron chi connectivity index (χ4n) is 3.54. The van der Waals surface area contributed by atoms with Crippen molar-refractivity contribution in [3.05, 3.63) is 89.5 Å². The summed E-state index contributed by atoms with van der Waals surface area (Å²) in [4.78, 5) is 35.9. The number of imide groups is 1. The van der Waals surface area contributed by atoms with Gasteiger partial charge >= 0.3 is 6.03 Å². The van der Waals surface area contributed by atoms with E-state index in [9.17, 15) is 18.4 Å². The van der Waals surface area contributed by atoms with Gasteiger partial charge in [0.1, 0.15) is 5.69 Å². The average Bonchev–Trinajstić information content (AvgIpc) is 2.79. The molecular weight excluding hydrogens is 414 g/mol. The van der Waals surface area contributed by atoms with E-state index in [-0.39, 0.29) is 12.0 Å². The van der Waals surface area contributed by atoms with Gasteiger partial charge in [-0.2, -0.15) is 0 Å². The van der Waals surface area contributed by atoms with Gasteiger partial charge in [-0.05, 0) is 31.2 Å². The number of anilines is 1. The number of hydrogen-bond donors (Lipinski definition) is 0. The largest absolute Gasteiger partial charge is 0.332 e. The van der Waals surface area contributed by atoms with Gasteiger partial charge in [0.05, 0.1) is 23.9 Å². The topological polar surface area (TPSA) is 66.4 Å². The van der Waals surface area contributed by atoms with E-state index in [1.807, 2.05) is 6.07 Å². The minimum atomic E-state index is -1.10. The molecule has 1 fully saturated rings. The lowest BCUT2D eigenvalue weighted by molar-refractivity contribution is -0.122. The SMILES string of the molecule is CN1C(=O)N(c2c(F)cc(C#Cc3ccccc3)cc2F)C(=O)CC1(C)c1cnccn1. The monoisotopic (exact) mass is 432 g/mol. The molecule has 1 saturated heterocycles. The second kappa shape index (κ2) is 8.19. The van der Waals surface area contributed by atoms with E-state index in [2.05, 4.69) is 21.8 Å². The Morgan fingerprint density at radius 1 is 1.00 bits per heavy atom. The van der Waals surface area contributed by atoms with Gasteiger partial charge in [0, 0.05) is 30.6 Å². The number of halogens is 2. The smallest absolute Gasteiger partial charge is 0.315 e. The zero-order valence-corrected chi connectivity index (χ0v) is 17.3. The highest BCUT2D eigenvalue weighted by molar-refractivity contribution is 6.16. The summed E-state index contributed by atoms with van der Waals surface area (Å²) in [6.45, 7) is 1.65. The molecule has 2 heterocycles. The Kier molecular flexibility index (Phi) is 5.41. The van der Waals surface area contributed by atoms with Crippen molar-refractivity contribution in [2.45, 2.75) is 18.9 Å². The third-order valence-corrected chi connectivity index (χ3v) is 5.44. The van der Waals surface area contributed by atoms with Crippen molar-refractivity contribution in [2.24, 2.45) is 0 Å². The van der Waals surface area contributed by atoms with E-state index in [1.54, 1.807) is 31.2 Å². The van der Waals surface area contributed by atoms with Gasteiger partial charge in [-0.15, -0.1) is 0 Å². The molecule has 3 amide bonds. The molecule has 6 nitrogen and oxygen atoms in total. The molecule has 1 aromatic heterocycles. The molecule has 0 spiro atoms. The van der Waals surface area contributed by atoms with E-state index < -0.39 is 34.8 Å². The van der Waals surface area contributed by atoms with Gasteiger partial charge < -0.3 is 4.90 Å². The summed E-state index contributed by atoms with van der Waals surface area (Å²) < 4.78 is 29.8. The number of rotatable bonds is 2. The molecule has 0 radical (unpaired) electrons. The Labute approximate surface area is 183 Å². The number of benzene rings is 2. The summed E-state index contributed by atoms with van der Waals surface area (Å²) in [6.07, 6.45) is 4.15. The van der Waals surface area contributed by atoms with Crippen LogP contribution < -0.4 is 4.90 Å². The van der Waals surface area contributed by atoms with Crippen LogP contribution in [0.1, 0.15) is 30.2 Å². The van der Waals surface area contributed by atoms with Gasteiger partial charge in [-0.1, -0.05) is 30.0 Å². The lowest BCUT2D eigenvalue weighted by Crippen LogP contribution is -2.60. The Bertz CT molecular complexity index is 1230. The molecular formula is C24H18F2N4O2. The molecule has 1 aliphatic heterocycles. The molecule has 1 aliphatic rings. The van der Waals surface area contributed by atoms with Crippen LogP contribution in [0.4, 0.5) is 19.3 Å². The van der Waals surface area contributed by atoms with Crippen LogP contribution in [0.5, 0.6) is 0 Å². The second-order valence-electron chi connectivity index (χ2n) is 7.52. The highest BCUT2D eigenvalue weighted by atomic mass is 19.1. The Morgan fingerprint density at radius 3 is 2.28 bits per heavy atom. The summed E-state index contributed by atoms with van der Waals surface area (Å²) in [5.41, 5.74) is -0.659. The van der Waals surface area contributed by atoms with Crippen molar-refractivity contribution < 1.29 is 18.4 Å². The Morgan fingerprint density at radius 2 is 1.66 bits per heavy atom. The first-order chi connectivity index (χ1) is 15.3. The Balaban J connectivity index is 1.68. The minimum Gasteiger partial charge on any atom is -0.315 e. The highest BCUT2D eigenvalue weighted by Gasteiger charge is 2.48. The summed E-state index contributed by atoms with van der Waals surface area (Å²) >= 11 is 0. The maximum Gasteiger partial charge on any atom is 0.332 e. The van der Waals surface area contributed by atoms with Crippen molar-refractivity contribution in [1.82, 2.24) is 14.9 Å². The summed E-state index contributed by atoms with van der Waals surface area (Å²) in [6, 6.07) is 10.1. The van der Waals surface area contributed by atoms with Gasteiger partial charge in [-0.25, -0.2) is 18.5 Å². The first-order valence-corrected chi connectivity index (χ1v) is 9.74. The molecule has 2 aromatic carbocycles. The average molecular weight is 432 g/mol. The van der Waals surface area contributed by atoms with Crippen molar-refractivity contribution in [1.29, 1.82) is 0 Å². The summed E-state index contributed by atoms with van der Waals surface area (Å²) in [5.74, 6) is 2.65. The Hall–Kier alpha value is -4.12. The molecule has 8 heteroatoms. The number of nitrogens with zero attached hydrogens (tertiary/aromatic N) is 4. The third kappa shape index (κ3) is 3.69. The molecule has 0 aliphatic carbocycles. The van der Waals surface area contributed by atoms with Crippen LogP contribution in [0, 0.1) is 23.5 Å².